The summed E-state index contributed by atoms with van der Waals surface area (Å²) in [7, 11) is 0. The van der Waals surface area contributed by atoms with E-state index in [0.717, 1.165) is 6.42 Å². The molecule has 21 heavy (non-hydrogen) atoms. The first kappa shape index (κ1) is 15.3. The van der Waals surface area contributed by atoms with Crippen molar-refractivity contribution in [1.29, 1.82) is 0 Å². The molecule has 6 heteroatoms. The Morgan fingerprint density at radius 3 is 2.67 bits per heavy atom. The molecular weight excluding hydrogens is 288 g/mol. The molecule has 0 fully saturated rings. The van der Waals surface area contributed by atoms with Crippen LogP contribution in [0, 0.1) is 0 Å². The number of carbonyl (C=O) groups is 1. The van der Waals surface area contributed by atoms with Crippen LogP contribution in [0.4, 0.5) is 11.6 Å². The largest absolute Gasteiger partial charge is 0.352 e. The third-order valence-corrected chi connectivity index (χ3v) is 3.23. The summed E-state index contributed by atoms with van der Waals surface area (Å²) in [6, 6.07) is 8.73. The van der Waals surface area contributed by atoms with Gasteiger partial charge in [0, 0.05) is 22.9 Å². The standard InChI is InChI=1S/C15H17ClN4O/c1-3-10(2)18-15-17-9-8-13(20-15)14(21)19-12-6-4-11(16)5-7-12/h4-10H,3H2,1-2H3,(H,19,21)(H,17,18,20). The molecule has 2 aromatic rings. The number of aromatic nitrogens is 2. The van der Waals surface area contributed by atoms with Crippen molar-refractivity contribution in [1.82, 2.24) is 9.97 Å². The SMILES string of the molecule is CCC(C)Nc1nccc(C(=O)Nc2ccc(Cl)cc2)n1. The molecule has 1 amide bonds. The van der Waals surface area contributed by atoms with Crippen molar-refractivity contribution in [2.45, 2.75) is 26.3 Å². The number of nitrogens with one attached hydrogen (secondary N) is 2. The summed E-state index contributed by atoms with van der Waals surface area (Å²) in [5, 5.41) is 6.52. The predicted octanol–water partition coefficient (Wildman–Crippen LogP) is 3.59. The van der Waals surface area contributed by atoms with Crippen LogP contribution in [-0.2, 0) is 0 Å². The summed E-state index contributed by atoms with van der Waals surface area (Å²) in [6.45, 7) is 4.10. The molecule has 2 rings (SSSR count). The van der Waals surface area contributed by atoms with Gasteiger partial charge in [0.2, 0.25) is 5.95 Å². The third kappa shape index (κ3) is 4.43. The van der Waals surface area contributed by atoms with E-state index < -0.39 is 0 Å². The van der Waals surface area contributed by atoms with Crippen molar-refractivity contribution < 1.29 is 4.79 Å². The molecule has 0 aliphatic rings. The number of hydrogen-bond donors (Lipinski definition) is 2. The van der Waals surface area contributed by atoms with E-state index in [2.05, 4.69) is 27.5 Å². The highest BCUT2D eigenvalue weighted by Crippen LogP contribution is 2.14. The zero-order valence-electron chi connectivity index (χ0n) is 11.9. The number of halogens is 1. The second-order valence-corrected chi connectivity index (χ2v) is 5.12. The highest BCUT2D eigenvalue weighted by atomic mass is 35.5. The summed E-state index contributed by atoms with van der Waals surface area (Å²) in [4.78, 5) is 20.5. The molecule has 0 radical (unpaired) electrons. The van der Waals surface area contributed by atoms with E-state index in [1.165, 1.54) is 0 Å². The van der Waals surface area contributed by atoms with Crippen LogP contribution in [0.2, 0.25) is 5.02 Å². The maximum atomic E-state index is 12.1. The summed E-state index contributed by atoms with van der Waals surface area (Å²) in [5.74, 6) is 0.167. The molecule has 1 heterocycles. The fourth-order valence-electron chi connectivity index (χ4n) is 1.61. The number of carbonyl (C=O) groups excluding carboxylic acids is 1. The molecular formula is C15H17ClN4O. The number of nitrogens with zero attached hydrogens (tertiary/aromatic N) is 2. The highest BCUT2D eigenvalue weighted by Gasteiger charge is 2.10. The van der Waals surface area contributed by atoms with E-state index in [9.17, 15) is 4.79 Å². The van der Waals surface area contributed by atoms with Crippen LogP contribution in [0.1, 0.15) is 30.8 Å². The smallest absolute Gasteiger partial charge is 0.274 e. The normalized spacial score (nSPS) is 11.8. The van der Waals surface area contributed by atoms with Crippen molar-refractivity contribution in [2.24, 2.45) is 0 Å². The second kappa shape index (κ2) is 7.04. The lowest BCUT2D eigenvalue weighted by Gasteiger charge is -2.11. The molecule has 0 aliphatic heterocycles. The quantitative estimate of drug-likeness (QED) is 0.886. The fraction of sp³-hybridized carbons (Fsp3) is 0.267. The van der Waals surface area contributed by atoms with Gasteiger partial charge in [-0.05, 0) is 43.7 Å². The Bertz CT molecular complexity index is 615. The maximum absolute atomic E-state index is 12.1. The maximum Gasteiger partial charge on any atom is 0.274 e. The zero-order chi connectivity index (χ0) is 15.2. The summed E-state index contributed by atoms with van der Waals surface area (Å²) >= 11 is 5.81. The van der Waals surface area contributed by atoms with Crippen molar-refractivity contribution in [3.8, 4) is 0 Å². The Labute approximate surface area is 128 Å². The minimum atomic E-state index is -0.285. The average molecular weight is 305 g/mol. The van der Waals surface area contributed by atoms with Gasteiger partial charge in [-0.25, -0.2) is 9.97 Å². The molecule has 0 bridgehead atoms. The first-order valence-electron chi connectivity index (χ1n) is 6.75. The van der Waals surface area contributed by atoms with Gasteiger partial charge in [-0.1, -0.05) is 18.5 Å². The summed E-state index contributed by atoms with van der Waals surface area (Å²) in [6.07, 6.45) is 2.51. The minimum absolute atomic E-state index is 0.250. The number of benzene rings is 1. The van der Waals surface area contributed by atoms with Crippen molar-refractivity contribution in [3.05, 3.63) is 47.2 Å². The van der Waals surface area contributed by atoms with Gasteiger partial charge in [0.05, 0.1) is 0 Å². The topological polar surface area (TPSA) is 66.9 Å². The van der Waals surface area contributed by atoms with Crippen LogP contribution in [0.5, 0.6) is 0 Å². The van der Waals surface area contributed by atoms with Gasteiger partial charge in [0.25, 0.3) is 5.91 Å². The van der Waals surface area contributed by atoms with E-state index in [1.54, 1.807) is 36.5 Å². The lowest BCUT2D eigenvalue weighted by Crippen LogP contribution is -2.18. The zero-order valence-corrected chi connectivity index (χ0v) is 12.7. The Morgan fingerprint density at radius 2 is 2.00 bits per heavy atom. The predicted molar refractivity (Wildman–Crippen MR) is 84.8 cm³/mol. The molecule has 0 spiro atoms. The third-order valence-electron chi connectivity index (χ3n) is 2.98. The van der Waals surface area contributed by atoms with E-state index in [4.69, 9.17) is 11.6 Å². The molecule has 1 unspecified atom stereocenters. The molecule has 110 valence electrons. The van der Waals surface area contributed by atoms with Crippen LogP contribution in [0.3, 0.4) is 0 Å². The summed E-state index contributed by atoms with van der Waals surface area (Å²) < 4.78 is 0. The molecule has 0 saturated heterocycles. The van der Waals surface area contributed by atoms with Gasteiger partial charge in [0.1, 0.15) is 5.69 Å². The van der Waals surface area contributed by atoms with Crippen molar-refractivity contribution >= 4 is 29.1 Å². The van der Waals surface area contributed by atoms with Crippen LogP contribution in [0.25, 0.3) is 0 Å². The number of amides is 1. The Hall–Kier alpha value is -2.14. The van der Waals surface area contributed by atoms with Gasteiger partial charge >= 0.3 is 0 Å². The van der Waals surface area contributed by atoms with Gasteiger partial charge < -0.3 is 10.6 Å². The number of hydrogen-bond acceptors (Lipinski definition) is 4. The van der Waals surface area contributed by atoms with Crippen LogP contribution in [-0.4, -0.2) is 21.9 Å². The second-order valence-electron chi connectivity index (χ2n) is 4.68. The minimum Gasteiger partial charge on any atom is -0.352 e. The van der Waals surface area contributed by atoms with Crippen LogP contribution in [0.15, 0.2) is 36.5 Å². The lowest BCUT2D eigenvalue weighted by molar-refractivity contribution is 0.102. The first-order valence-corrected chi connectivity index (χ1v) is 7.12. The van der Waals surface area contributed by atoms with Crippen LogP contribution < -0.4 is 10.6 Å². The Balaban J connectivity index is 2.08. The van der Waals surface area contributed by atoms with E-state index >= 15 is 0 Å². The van der Waals surface area contributed by atoms with Gasteiger partial charge in [0.15, 0.2) is 0 Å². The molecule has 1 aromatic carbocycles. The molecule has 0 aliphatic carbocycles. The van der Waals surface area contributed by atoms with Gasteiger partial charge in [-0.2, -0.15) is 0 Å². The number of rotatable bonds is 5. The Morgan fingerprint density at radius 1 is 1.29 bits per heavy atom. The van der Waals surface area contributed by atoms with Crippen molar-refractivity contribution in [2.75, 3.05) is 10.6 Å². The molecule has 1 atom stereocenters. The molecule has 2 N–H and O–H groups in total. The van der Waals surface area contributed by atoms with Crippen molar-refractivity contribution in [3.63, 3.8) is 0 Å². The van der Waals surface area contributed by atoms with E-state index in [1.807, 2.05) is 6.92 Å². The molecule has 1 aromatic heterocycles. The van der Waals surface area contributed by atoms with E-state index in [-0.39, 0.29) is 11.9 Å². The lowest BCUT2D eigenvalue weighted by atomic mass is 10.3. The molecule has 0 saturated carbocycles. The van der Waals surface area contributed by atoms with Gasteiger partial charge in [-0.3, -0.25) is 4.79 Å². The summed E-state index contributed by atoms with van der Waals surface area (Å²) in [5.41, 5.74) is 0.977. The fourth-order valence-corrected chi connectivity index (χ4v) is 1.73. The van der Waals surface area contributed by atoms with Gasteiger partial charge in [-0.15, -0.1) is 0 Å². The molecule has 5 nitrogen and oxygen atoms in total. The average Bonchev–Trinajstić information content (AvgIpc) is 2.49. The Kier molecular flexibility index (Phi) is 5.11. The number of anilines is 2. The monoisotopic (exact) mass is 304 g/mol. The highest BCUT2D eigenvalue weighted by molar-refractivity contribution is 6.30. The first-order chi connectivity index (χ1) is 10.1. The van der Waals surface area contributed by atoms with Crippen LogP contribution >= 0.6 is 11.6 Å². The van der Waals surface area contributed by atoms with E-state index in [0.29, 0.717) is 22.4 Å².